The Bertz CT molecular complexity index is 1310. The average molecular weight is 460 g/mol. The van der Waals surface area contributed by atoms with Crippen LogP contribution in [-0.2, 0) is 26.3 Å². The molecule has 0 bridgehead atoms. The second-order valence-corrected chi connectivity index (χ2v) is 9.51. The van der Waals surface area contributed by atoms with E-state index < -0.39 is 28.2 Å². The standard InChI is InChI=1S/C25H24N4O5/c1-3-14-7-4-8-15-21(14)26-24(32)25(15)20-19(18-11-6-12-27(18)25)22(30)28(23(20)31)16-9-5-10-17(13(16)2)29(33)34/h4-5,7-10,18-20H,3,6,11-12H2,1-2H3,(H,26,32)/t18-,19+,20-,25+/m0/s1. The molecule has 4 heterocycles. The molecule has 0 unspecified atom stereocenters. The lowest BCUT2D eigenvalue weighted by Crippen LogP contribution is -2.54. The molecule has 1 N–H and O–H groups in total. The van der Waals surface area contributed by atoms with Gasteiger partial charge in [-0.1, -0.05) is 31.2 Å². The maximum Gasteiger partial charge on any atom is 0.274 e. The van der Waals surface area contributed by atoms with Gasteiger partial charge < -0.3 is 5.32 Å². The maximum absolute atomic E-state index is 14.1. The molecule has 0 aliphatic carbocycles. The summed E-state index contributed by atoms with van der Waals surface area (Å²) in [6.07, 6.45) is 2.28. The van der Waals surface area contributed by atoms with E-state index in [1.807, 2.05) is 25.1 Å². The molecule has 2 aromatic carbocycles. The number of aryl methyl sites for hydroxylation is 1. The van der Waals surface area contributed by atoms with Gasteiger partial charge in [-0.25, -0.2) is 4.90 Å². The van der Waals surface area contributed by atoms with Crippen molar-refractivity contribution in [2.45, 2.75) is 44.7 Å². The fourth-order valence-corrected chi connectivity index (χ4v) is 6.87. The molecule has 3 amide bonds. The number of imide groups is 1. The first-order valence-electron chi connectivity index (χ1n) is 11.7. The number of nitrogens with zero attached hydrogens (tertiary/aromatic N) is 3. The van der Waals surface area contributed by atoms with Gasteiger partial charge >= 0.3 is 0 Å². The number of carbonyl (C=O) groups is 3. The molecule has 1 spiro atoms. The summed E-state index contributed by atoms with van der Waals surface area (Å²) < 4.78 is 0. The third-order valence-corrected chi connectivity index (χ3v) is 8.21. The first-order valence-corrected chi connectivity index (χ1v) is 11.7. The number of carbonyl (C=O) groups excluding carboxylic acids is 3. The van der Waals surface area contributed by atoms with Gasteiger partial charge in [-0.3, -0.25) is 29.4 Å². The molecule has 6 rings (SSSR count). The van der Waals surface area contributed by atoms with Gasteiger partial charge in [0.1, 0.15) is 5.54 Å². The van der Waals surface area contributed by atoms with Crippen LogP contribution in [-0.4, -0.2) is 40.1 Å². The van der Waals surface area contributed by atoms with Gasteiger partial charge in [0.15, 0.2) is 0 Å². The minimum atomic E-state index is -1.25. The first-order chi connectivity index (χ1) is 16.3. The van der Waals surface area contributed by atoms with E-state index >= 15 is 0 Å². The number of rotatable bonds is 3. The van der Waals surface area contributed by atoms with Crippen molar-refractivity contribution in [2.24, 2.45) is 11.8 Å². The SMILES string of the molecule is CCc1cccc2c1NC(=O)[C@]21[C@@H]2C(=O)N(c3cccc([N+](=O)[O-])c3C)C(=O)[C@@H]2[C@@H]2CCCN21. The number of anilines is 2. The lowest BCUT2D eigenvalue weighted by Gasteiger charge is -2.36. The number of nitrogens with one attached hydrogen (secondary N) is 1. The van der Waals surface area contributed by atoms with Crippen LogP contribution in [0.1, 0.15) is 36.5 Å². The Morgan fingerprint density at radius 3 is 2.65 bits per heavy atom. The number of hydrogen-bond donors (Lipinski definition) is 1. The van der Waals surface area contributed by atoms with Gasteiger partial charge in [0.05, 0.1) is 28.0 Å². The quantitative estimate of drug-likeness (QED) is 0.428. The van der Waals surface area contributed by atoms with Crippen LogP contribution in [0.4, 0.5) is 17.1 Å². The minimum absolute atomic E-state index is 0.149. The monoisotopic (exact) mass is 460 g/mol. The second kappa shape index (κ2) is 6.96. The van der Waals surface area contributed by atoms with Crippen molar-refractivity contribution in [1.29, 1.82) is 0 Å². The molecule has 174 valence electrons. The third kappa shape index (κ3) is 2.30. The Morgan fingerprint density at radius 2 is 1.91 bits per heavy atom. The highest BCUT2D eigenvalue weighted by Crippen LogP contribution is 2.61. The largest absolute Gasteiger partial charge is 0.324 e. The molecule has 0 saturated carbocycles. The number of fused-ring (bicyclic) bond motifs is 7. The van der Waals surface area contributed by atoms with Crippen molar-refractivity contribution in [3.8, 4) is 0 Å². The van der Waals surface area contributed by atoms with E-state index in [1.54, 1.807) is 13.0 Å². The summed E-state index contributed by atoms with van der Waals surface area (Å²) in [6, 6.07) is 9.94. The third-order valence-electron chi connectivity index (χ3n) is 8.21. The molecule has 0 aromatic heterocycles. The molecule has 3 saturated heterocycles. The molecule has 34 heavy (non-hydrogen) atoms. The lowest BCUT2D eigenvalue weighted by atomic mass is 9.75. The van der Waals surface area contributed by atoms with Gasteiger partial charge in [-0.15, -0.1) is 0 Å². The van der Waals surface area contributed by atoms with Crippen LogP contribution in [0.25, 0.3) is 0 Å². The van der Waals surface area contributed by atoms with Gasteiger partial charge in [-0.2, -0.15) is 0 Å². The highest BCUT2D eigenvalue weighted by Gasteiger charge is 2.74. The Hall–Kier alpha value is -3.59. The Labute approximate surface area is 195 Å². The second-order valence-electron chi connectivity index (χ2n) is 9.51. The summed E-state index contributed by atoms with van der Waals surface area (Å²) in [7, 11) is 0. The molecule has 2 aromatic rings. The predicted octanol–water partition coefficient (Wildman–Crippen LogP) is 2.90. The Morgan fingerprint density at radius 1 is 1.15 bits per heavy atom. The molecular weight excluding hydrogens is 436 g/mol. The van der Waals surface area contributed by atoms with Crippen LogP contribution in [0.15, 0.2) is 36.4 Å². The van der Waals surface area contributed by atoms with E-state index in [9.17, 15) is 24.5 Å². The molecule has 0 radical (unpaired) electrons. The molecule has 4 aliphatic heterocycles. The summed E-state index contributed by atoms with van der Waals surface area (Å²) in [5.41, 5.74) is 1.58. The molecule has 4 atom stereocenters. The molecule has 9 nitrogen and oxygen atoms in total. The van der Waals surface area contributed by atoms with Crippen molar-refractivity contribution in [1.82, 2.24) is 4.90 Å². The van der Waals surface area contributed by atoms with Gasteiger partial charge in [-0.05, 0) is 44.4 Å². The number of benzene rings is 2. The zero-order valence-corrected chi connectivity index (χ0v) is 18.9. The summed E-state index contributed by atoms with van der Waals surface area (Å²) >= 11 is 0. The predicted molar refractivity (Wildman–Crippen MR) is 123 cm³/mol. The molecule has 4 aliphatic rings. The fraction of sp³-hybridized carbons (Fsp3) is 0.400. The van der Waals surface area contributed by atoms with Gasteiger partial charge in [0.2, 0.25) is 17.7 Å². The zero-order chi connectivity index (χ0) is 23.9. The van der Waals surface area contributed by atoms with Crippen molar-refractivity contribution < 1.29 is 19.3 Å². The van der Waals surface area contributed by atoms with Crippen LogP contribution in [0.3, 0.4) is 0 Å². The van der Waals surface area contributed by atoms with Gasteiger partial charge in [0.25, 0.3) is 5.69 Å². The van der Waals surface area contributed by atoms with E-state index in [4.69, 9.17) is 0 Å². The average Bonchev–Trinajstić information content (AvgIpc) is 3.52. The summed E-state index contributed by atoms with van der Waals surface area (Å²) in [5, 5.41) is 14.5. The van der Waals surface area contributed by atoms with E-state index in [1.165, 1.54) is 12.1 Å². The topological polar surface area (TPSA) is 113 Å². The van der Waals surface area contributed by atoms with Crippen molar-refractivity contribution in [2.75, 3.05) is 16.8 Å². The van der Waals surface area contributed by atoms with Crippen LogP contribution in [0.2, 0.25) is 0 Å². The maximum atomic E-state index is 14.1. The smallest absolute Gasteiger partial charge is 0.274 e. The van der Waals surface area contributed by atoms with E-state index in [0.717, 1.165) is 41.0 Å². The summed E-state index contributed by atoms with van der Waals surface area (Å²) in [4.78, 5) is 55.8. The number of nitro benzene ring substituents is 1. The minimum Gasteiger partial charge on any atom is -0.324 e. The highest BCUT2D eigenvalue weighted by atomic mass is 16.6. The van der Waals surface area contributed by atoms with Crippen LogP contribution < -0.4 is 10.2 Å². The lowest BCUT2D eigenvalue weighted by molar-refractivity contribution is -0.385. The molecule has 9 heteroatoms. The first kappa shape index (κ1) is 21.0. The number of hydrogen-bond acceptors (Lipinski definition) is 6. The van der Waals surface area contributed by atoms with E-state index in [0.29, 0.717) is 6.54 Å². The Kier molecular flexibility index (Phi) is 4.29. The van der Waals surface area contributed by atoms with E-state index in [2.05, 4.69) is 10.2 Å². The van der Waals surface area contributed by atoms with Crippen LogP contribution in [0, 0.1) is 28.9 Å². The molecule has 3 fully saturated rings. The van der Waals surface area contributed by atoms with E-state index in [-0.39, 0.29) is 34.8 Å². The van der Waals surface area contributed by atoms with Crippen LogP contribution >= 0.6 is 0 Å². The zero-order valence-electron chi connectivity index (χ0n) is 18.9. The summed E-state index contributed by atoms with van der Waals surface area (Å²) in [6.45, 7) is 4.20. The molecular formula is C25H24N4O5. The summed E-state index contributed by atoms with van der Waals surface area (Å²) in [5.74, 6) is -2.65. The fourth-order valence-electron chi connectivity index (χ4n) is 6.87. The van der Waals surface area contributed by atoms with Crippen molar-refractivity contribution >= 4 is 34.8 Å². The number of amides is 3. The van der Waals surface area contributed by atoms with Gasteiger partial charge in [0, 0.05) is 23.4 Å². The van der Waals surface area contributed by atoms with Crippen LogP contribution in [0.5, 0.6) is 0 Å². The number of para-hydroxylation sites is 1. The highest BCUT2D eigenvalue weighted by molar-refractivity contribution is 6.26. The Balaban J connectivity index is 1.56. The van der Waals surface area contributed by atoms with Crippen molar-refractivity contribution in [3.05, 3.63) is 63.2 Å². The van der Waals surface area contributed by atoms with Crippen molar-refractivity contribution in [3.63, 3.8) is 0 Å². The number of nitro groups is 1. The normalized spacial score (nSPS) is 29.5.